The van der Waals surface area contributed by atoms with Crippen LogP contribution >= 0.6 is 23.2 Å². The molecule has 2 rings (SSSR count). The van der Waals surface area contributed by atoms with Crippen molar-refractivity contribution in [1.29, 1.82) is 0 Å². The Kier molecular flexibility index (Phi) is 3.91. The molecule has 0 heterocycles. The molecule has 1 N–H and O–H groups in total. The molecule has 19 heavy (non-hydrogen) atoms. The summed E-state index contributed by atoms with van der Waals surface area (Å²) >= 11 is 12.2. The van der Waals surface area contributed by atoms with Gasteiger partial charge < -0.3 is 5.11 Å². The van der Waals surface area contributed by atoms with Gasteiger partial charge in [0.2, 0.25) is 0 Å². The minimum atomic E-state index is -1.17. The number of rotatable bonds is 2. The molecule has 1 unspecified atom stereocenters. The van der Waals surface area contributed by atoms with Crippen LogP contribution in [-0.2, 0) is 5.60 Å². The van der Waals surface area contributed by atoms with Crippen molar-refractivity contribution in [3.63, 3.8) is 0 Å². The number of benzene rings is 2. The average Bonchev–Trinajstić information content (AvgIpc) is 2.31. The lowest BCUT2D eigenvalue weighted by atomic mass is 9.86. The zero-order chi connectivity index (χ0) is 14.2. The fourth-order valence-corrected chi connectivity index (χ4v) is 2.78. The summed E-state index contributed by atoms with van der Waals surface area (Å²) in [6.07, 6.45) is 0. The fourth-order valence-electron chi connectivity index (χ4n) is 2.29. The van der Waals surface area contributed by atoms with Crippen molar-refractivity contribution in [1.82, 2.24) is 0 Å². The lowest BCUT2D eigenvalue weighted by Crippen LogP contribution is -2.23. The van der Waals surface area contributed by atoms with Crippen LogP contribution in [0.3, 0.4) is 0 Å². The van der Waals surface area contributed by atoms with E-state index in [2.05, 4.69) is 6.07 Å². The molecule has 2 aromatic rings. The Labute approximate surface area is 123 Å². The Morgan fingerprint density at radius 1 is 1.00 bits per heavy atom. The van der Waals surface area contributed by atoms with E-state index in [1.807, 2.05) is 26.0 Å². The lowest BCUT2D eigenvalue weighted by molar-refractivity contribution is 0.102. The van der Waals surface area contributed by atoms with Crippen LogP contribution in [0.1, 0.15) is 29.2 Å². The summed E-state index contributed by atoms with van der Waals surface area (Å²) in [4.78, 5) is 0. The highest BCUT2D eigenvalue weighted by atomic mass is 35.5. The van der Waals surface area contributed by atoms with Gasteiger partial charge in [0.25, 0.3) is 0 Å². The predicted molar refractivity (Wildman–Crippen MR) is 81.1 cm³/mol. The third kappa shape index (κ3) is 2.79. The molecular formula is C16H16Cl2O. The molecule has 0 spiro atoms. The minimum Gasteiger partial charge on any atom is -0.381 e. The van der Waals surface area contributed by atoms with E-state index in [0.29, 0.717) is 15.6 Å². The summed E-state index contributed by atoms with van der Waals surface area (Å²) in [5.41, 5.74) is 2.47. The molecule has 1 nitrogen and oxygen atoms in total. The molecule has 0 radical (unpaired) electrons. The molecule has 0 aliphatic carbocycles. The van der Waals surface area contributed by atoms with Gasteiger partial charge in [-0.05, 0) is 32.4 Å². The maximum atomic E-state index is 10.9. The van der Waals surface area contributed by atoms with E-state index in [-0.39, 0.29) is 0 Å². The summed E-state index contributed by atoms with van der Waals surface area (Å²) < 4.78 is 0. The number of hydrogen-bond donors (Lipinski definition) is 1. The number of aryl methyl sites for hydroxylation is 2. The highest BCUT2D eigenvalue weighted by Crippen LogP contribution is 2.37. The van der Waals surface area contributed by atoms with Gasteiger partial charge in [-0.15, -0.1) is 0 Å². The zero-order valence-electron chi connectivity index (χ0n) is 11.2. The van der Waals surface area contributed by atoms with Gasteiger partial charge in [-0.1, -0.05) is 64.7 Å². The molecule has 0 aliphatic rings. The summed E-state index contributed by atoms with van der Waals surface area (Å²) in [5.74, 6) is 0. The quantitative estimate of drug-likeness (QED) is 0.838. The Balaban J connectivity index is 2.61. The highest BCUT2D eigenvalue weighted by Gasteiger charge is 2.29. The first-order valence-corrected chi connectivity index (χ1v) is 6.83. The lowest BCUT2D eigenvalue weighted by Gasteiger charge is -2.26. The molecule has 0 saturated heterocycles. The summed E-state index contributed by atoms with van der Waals surface area (Å²) in [6.45, 7) is 5.75. The van der Waals surface area contributed by atoms with E-state index < -0.39 is 5.60 Å². The first-order valence-electron chi connectivity index (χ1n) is 6.08. The van der Waals surface area contributed by atoms with E-state index in [1.165, 1.54) is 0 Å². The van der Waals surface area contributed by atoms with Crippen molar-refractivity contribution in [2.75, 3.05) is 0 Å². The van der Waals surface area contributed by atoms with Crippen LogP contribution < -0.4 is 0 Å². The van der Waals surface area contributed by atoms with E-state index in [0.717, 1.165) is 16.7 Å². The van der Waals surface area contributed by atoms with E-state index in [4.69, 9.17) is 23.2 Å². The topological polar surface area (TPSA) is 20.2 Å². The average molecular weight is 295 g/mol. The zero-order valence-corrected chi connectivity index (χ0v) is 12.7. The normalized spacial score (nSPS) is 14.2. The summed E-state index contributed by atoms with van der Waals surface area (Å²) in [7, 11) is 0. The molecule has 1 atom stereocenters. The number of hydrogen-bond acceptors (Lipinski definition) is 1. The second-order valence-electron chi connectivity index (χ2n) is 5.05. The smallest absolute Gasteiger partial charge is 0.113 e. The van der Waals surface area contributed by atoms with E-state index in [1.54, 1.807) is 25.1 Å². The highest BCUT2D eigenvalue weighted by molar-refractivity contribution is 6.42. The third-order valence-corrected chi connectivity index (χ3v) is 4.08. The monoisotopic (exact) mass is 294 g/mol. The fraction of sp³-hybridized carbons (Fsp3) is 0.250. The van der Waals surface area contributed by atoms with Crippen LogP contribution in [0.25, 0.3) is 0 Å². The van der Waals surface area contributed by atoms with E-state index in [9.17, 15) is 5.11 Å². The molecule has 0 amide bonds. The maximum absolute atomic E-state index is 10.9. The minimum absolute atomic E-state index is 0.397. The predicted octanol–water partition coefficient (Wildman–Crippen LogP) is 4.87. The molecule has 0 fully saturated rings. The van der Waals surface area contributed by atoms with Crippen molar-refractivity contribution < 1.29 is 5.11 Å². The van der Waals surface area contributed by atoms with Gasteiger partial charge in [0.15, 0.2) is 0 Å². The first-order chi connectivity index (χ1) is 8.82. The van der Waals surface area contributed by atoms with Crippen LogP contribution in [0.15, 0.2) is 36.4 Å². The van der Waals surface area contributed by atoms with Crippen LogP contribution in [0.4, 0.5) is 0 Å². The van der Waals surface area contributed by atoms with Crippen molar-refractivity contribution >= 4 is 23.2 Å². The van der Waals surface area contributed by atoms with Crippen molar-refractivity contribution in [3.8, 4) is 0 Å². The third-order valence-electron chi connectivity index (χ3n) is 3.26. The van der Waals surface area contributed by atoms with Gasteiger partial charge in [-0.3, -0.25) is 0 Å². The van der Waals surface area contributed by atoms with Gasteiger partial charge in [-0.2, -0.15) is 0 Å². The Morgan fingerprint density at radius 2 is 1.58 bits per heavy atom. The van der Waals surface area contributed by atoms with Gasteiger partial charge in [-0.25, -0.2) is 0 Å². The van der Waals surface area contributed by atoms with Gasteiger partial charge in [0.1, 0.15) is 5.60 Å². The largest absolute Gasteiger partial charge is 0.381 e. The van der Waals surface area contributed by atoms with Crippen LogP contribution in [0.2, 0.25) is 10.0 Å². The SMILES string of the molecule is Cc1cc(C)cc(C(C)(O)c2cccc(Cl)c2Cl)c1. The molecule has 2 aromatic carbocycles. The first kappa shape index (κ1) is 14.4. The molecule has 0 saturated carbocycles. The Hall–Kier alpha value is -1.02. The van der Waals surface area contributed by atoms with Crippen LogP contribution in [-0.4, -0.2) is 5.11 Å². The molecule has 0 bridgehead atoms. The Bertz CT molecular complexity index is 598. The van der Waals surface area contributed by atoms with Crippen molar-refractivity contribution in [3.05, 3.63) is 68.7 Å². The molecule has 3 heteroatoms. The van der Waals surface area contributed by atoms with E-state index >= 15 is 0 Å². The van der Waals surface area contributed by atoms with Gasteiger partial charge in [0.05, 0.1) is 10.0 Å². The molecule has 100 valence electrons. The molecule has 0 aliphatic heterocycles. The molecular weight excluding hydrogens is 279 g/mol. The van der Waals surface area contributed by atoms with Crippen molar-refractivity contribution in [2.24, 2.45) is 0 Å². The van der Waals surface area contributed by atoms with Crippen LogP contribution in [0.5, 0.6) is 0 Å². The van der Waals surface area contributed by atoms with Crippen LogP contribution in [0, 0.1) is 13.8 Å². The summed E-state index contributed by atoms with van der Waals surface area (Å²) in [5, 5.41) is 11.7. The Morgan fingerprint density at radius 3 is 2.16 bits per heavy atom. The van der Waals surface area contributed by atoms with Gasteiger partial charge in [0, 0.05) is 5.56 Å². The van der Waals surface area contributed by atoms with Gasteiger partial charge >= 0.3 is 0 Å². The second-order valence-corrected chi connectivity index (χ2v) is 5.84. The maximum Gasteiger partial charge on any atom is 0.113 e. The second kappa shape index (κ2) is 5.16. The van der Waals surface area contributed by atoms with Crippen molar-refractivity contribution in [2.45, 2.75) is 26.4 Å². The summed E-state index contributed by atoms with van der Waals surface area (Å²) in [6, 6.07) is 11.3. The molecule has 0 aromatic heterocycles. The number of aliphatic hydroxyl groups is 1. The standard InChI is InChI=1S/C16H16Cl2O/c1-10-7-11(2)9-12(8-10)16(3,19)13-5-4-6-14(17)15(13)18/h4-9,19H,1-3H3. The number of halogens is 2.